The number of hydrogen-bond donors (Lipinski definition) is 1. The summed E-state index contributed by atoms with van der Waals surface area (Å²) in [5.74, 6) is -0.225. The zero-order valence-electron chi connectivity index (χ0n) is 14.2. The van der Waals surface area contributed by atoms with E-state index in [-0.39, 0.29) is 5.75 Å². The first kappa shape index (κ1) is 16.9. The van der Waals surface area contributed by atoms with E-state index in [0.717, 1.165) is 11.4 Å². The van der Waals surface area contributed by atoms with Crippen molar-refractivity contribution in [1.29, 1.82) is 0 Å². The molecule has 2 aromatic rings. The van der Waals surface area contributed by atoms with Crippen molar-refractivity contribution in [2.24, 2.45) is 0 Å². The number of nitrogens with zero attached hydrogens (tertiary/aromatic N) is 1. The molecule has 1 heterocycles. The van der Waals surface area contributed by atoms with Gasteiger partial charge < -0.3 is 0 Å². The fourth-order valence-corrected chi connectivity index (χ4v) is 3.82. The van der Waals surface area contributed by atoms with Crippen LogP contribution in [0, 0.1) is 6.92 Å². The maximum Gasteiger partial charge on any atom is 0.265 e. The lowest BCUT2D eigenvalue weighted by molar-refractivity contribution is -0.435. The van der Waals surface area contributed by atoms with Gasteiger partial charge >= 0.3 is 0 Å². The Balaban J connectivity index is 2.13. The molecule has 0 saturated heterocycles. The third-order valence-corrected chi connectivity index (χ3v) is 5.11. The Bertz CT molecular complexity index is 981. The molecule has 0 spiro atoms. The lowest BCUT2D eigenvalue weighted by Gasteiger charge is -2.03. The molecule has 0 saturated carbocycles. The second kappa shape index (κ2) is 6.15. The third-order valence-electron chi connectivity index (χ3n) is 4.30. The van der Waals surface area contributed by atoms with Crippen molar-refractivity contribution in [2.45, 2.75) is 27.2 Å². The van der Waals surface area contributed by atoms with Crippen LogP contribution in [0.1, 0.15) is 31.4 Å². The minimum atomic E-state index is -3.93. The van der Waals surface area contributed by atoms with Crippen LogP contribution < -0.4 is 0 Å². The van der Waals surface area contributed by atoms with E-state index in [1.165, 1.54) is 27.5 Å². The molecule has 0 aromatic heterocycles. The highest BCUT2D eigenvalue weighted by atomic mass is 32.2. The molecule has 2 aromatic carbocycles. The number of benzene rings is 2. The van der Waals surface area contributed by atoms with Crippen molar-refractivity contribution in [3.63, 3.8) is 0 Å². The monoisotopic (exact) mass is 344 g/mol. The van der Waals surface area contributed by atoms with Gasteiger partial charge in [0.25, 0.3) is 10.1 Å². The van der Waals surface area contributed by atoms with Gasteiger partial charge in [-0.15, -0.1) is 0 Å². The standard InChI is InChI=1S/C19H21NO3S/c1-13(2)12-18-16-7-4-6-15-14(3)8-9-17(19(15)16)20(18)10-5-11-24(21,22)23/h4,6-9,12H,5,10-11H2,1-3H3/p+1. The number of hydrogen-bond acceptors (Lipinski definition) is 2. The highest BCUT2D eigenvalue weighted by Crippen LogP contribution is 2.37. The van der Waals surface area contributed by atoms with Crippen molar-refractivity contribution in [1.82, 2.24) is 0 Å². The normalized spacial score (nSPS) is 13.7. The molecule has 0 amide bonds. The van der Waals surface area contributed by atoms with Crippen molar-refractivity contribution >= 4 is 32.3 Å². The Hall–Kier alpha value is -1.98. The first-order valence-electron chi connectivity index (χ1n) is 8.05. The van der Waals surface area contributed by atoms with Crippen LogP contribution in [0.5, 0.6) is 0 Å². The van der Waals surface area contributed by atoms with Crippen LogP contribution in [0.3, 0.4) is 0 Å². The highest BCUT2D eigenvalue weighted by molar-refractivity contribution is 7.85. The zero-order valence-corrected chi connectivity index (χ0v) is 15.0. The Kier molecular flexibility index (Phi) is 4.32. The summed E-state index contributed by atoms with van der Waals surface area (Å²) in [5.41, 5.74) is 5.79. The molecule has 1 aliphatic heterocycles. The predicted molar refractivity (Wildman–Crippen MR) is 98.0 cm³/mol. The molecule has 5 heteroatoms. The molecule has 24 heavy (non-hydrogen) atoms. The summed E-state index contributed by atoms with van der Waals surface area (Å²) < 4.78 is 33.2. The minimum absolute atomic E-state index is 0.225. The van der Waals surface area contributed by atoms with Crippen LogP contribution in [0.4, 0.5) is 5.69 Å². The summed E-state index contributed by atoms with van der Waals surface area (Å²) in [6.45, 7) is 6.76. The summed E-state index contributed by atoms with van der Waals surface area (Å²) in [7, 11) is -3.93. The van der Waals surface area contributed by atoms with Gasteiger partial charge in [-0.1, -0.05) is 23.8 Å². The topological polar surface area (TPSA) is 57.4 Å². The molecule has 0 atom stereocenters. The van der Waals surface area contributed by atoms with Gasteiger partial charge in [0.1, 0.15) is 0 Å². The first-order valence-corrected chi connectivity index (χ1v) is 9.66. The molecule has 0 bridgehead atoms. The smallest absolute Gasteiger partial charge is 0.265 e. The van der Waals surface area contributed by atoms with Crippen LogP contribution in [0.15, 0.2) is 42.0 Å². The molecule has 0 fully saturated rings. The average molecular weight is 344 g/mol. The lowest BCUT2D eigenvalue weighted by atomic mass is 9.98. The molecular weight excluding hydrogens is 322 g/mol. The van der Waals surface area contributed by atoms with Gasteiger partial charge in [-0.2, -0.15) is 13.0 Å². The second-order valence-corrected chi connectivity index (χ2v) is 8.10. The van der Waals surface area contributed by atoms with Crippen LogP contribution in [0.2, 0.25) is 0 Å². The van der Waals surface area contributed by atoms with Gasteiger partial charge in [0.2, 0.25) is 11.4 Å². The van der Waals surface area contributed by atoms with Crippen LogP contribution in [-0.4, -0.2) is 35.6 Å². The van der Waals surface area contributed by atoms with Gasteiger partial charge in [0.05, 0.1) is 16.7 Å². The van der Waals surface area contributed by atoms with Gasteiger partial charge in [0.15, 0.2) is 6.54 Å². The molecule has 0 radical (unpaired) electrons. The van der Waals surface area contributed by atoms with E-state index in [4.69, 9.17) is 4.55 Å². The van der Waals surface area contributed by atoms with Crippen LogP contribution >= 0.6 is 0 Å². The summed E-state index contributed by atoms with van der Waals surface area (Å²) in [5, 5.41) is 2.44. The molecule has 1 N–H and O–H groups in total. The number of allylic oxidation sites excluding steroid dienone is 2. The predicted octanol–water partition coefficient (Wildman–Crippen LogP) is 3.84. The van der Waals surface area contributed by atoms with Crippen LogP contribution in [-0.2, 0) is 10.1 Å². The van der Waals surface area contributed by atoms with Gasteiger partial charge in [0, 0.05) is 18.6 Å². The number of aryl methyl sites for hydroxylation is 1. The number of rotatable bonds is 5. The maximum absolute atomic E-state index is 11.0. The van der Waals surface area contributed by atoms with Crippen molar-refractivity contribution < 1.29 is 17.5 Å². The maximum atomic E-state index is 11.0. The highest BCUT2D eigenvalue weighted by Gasteiger charge is 2.31. The zero-order chi connectivity index (χ0) is 17.5. The Morgan fingerprint density at radius 1 is 1.21 bits per heavy atom. The van der Waals surface area contributed by atoms with E-state index in [2.05, 4.69) is 61.8 Å². The quantitative estimate of drug-likeness (QED) is 0.662. The molecule has 3 rings (SSSR count). The van der Waals surface area contributed by atoms with Crippen molar-refractivity contribution in [2.75, 3.05) is 12.3 Å². The van der Waals surface area contributed by atoms with E-state index in [0.29, 0.717) is 13.0 Å². The van der Waals surface area contributed by atoms with Gasteiger partial charge in [-0.05, 0) is 37.8 Å². The molecule has 126 valence electrons. The summed E-state index contributed by atoms with van der Waals surface area (Å²) >= 11 is 0. The van der Waals surface area contributed by atoms with Crippen molar-refractivity contribution in [3.8, 4) is 0 Å². The van der Waals surface area contributed by atoms with Gasteiger partial charge in [-0.3, -0.25) is 4.55 Å². The summed E-state index contributed by atoms with van der Waals surface area (Å²) in [6, 6.07) is 10.5. The van der Waals surface area contributed by atoms with Gasteiger partial charge in [-0.25, -0.2) is 0 Å². The molecule has 0 aliphatic carbocycles. The largest absolute Gasteiger partial charge is 0.286 e. The van der Waals surface area contributed by atoms with E-state index in [1.54, 1.807) is 0 Å². The fourth-order valence-electron chi connectivity index (χ4n) is 3.32. The van der Waals surface area contributed by atoms with E-state index in [9.17, 15) is 8.42 Å². The third kappa shape index (κ3) is 3.14. The SMILES string of the molecule is CC(C)=CC1=[N+](CCCS(=O)(=O)O)c2ccc(C)c3cccc1c23. The first-order chi connectivity index (χ1) is 11.3. The average Bonchev–Trinajstić information content (AvgIpc) is 2.77. The Morgan fingerprint density at radius 2 is 1.96 bits per heavy atom. The minimum Gasteiger partial charge on any atom is -0.286 e. The molecule has 1 aliphatic rings. The Labute approximate surface area is 142 Å². The second-order valence-electron chi connectivity index (χ2n) is 6.53. The summed E-state index contributed by atoms with van der Waals surface area (Å²) in [6.07, 6.45) is 2.51. The molecule has 0 unspecified atom stereocenters. The lowest BCUT2D eigenvalue weighted by Crippen LogP contribution is -2.17. The van der Waals surface area contributed by atoms with E-state index >= 15 is 0 Å². The fraction of sp³-hybridized carbons (Fsp3) is 0.316. The van der Waals surface area contributed by atoms with E-state index in [1.807, 2.05) is 0 Å². The van der Waals surface area contributed by atoms with Crippen molar-refractivity contribution in [3.05, 3.63) is 53.1 Å². The molecular formula is C19H22NO3S+. The summed E-state index contributed by atoms with van der Waals surface area (Å²) in [4.78, 5) is 0. The molecule has 4 nitrogen and oxygen atoms in total. The van der Waals surface area contributed by atoms with Crippen LogP contribution in [0.25, 0.3) is 10.8 Å². The Morgan fingerprint density at radius 3 is 2.62 bits per heavy atom. The van der Waals surface area contributed by atoms with E-state index < -0.39 is 10.1 Å².